The molecule has 1 aliphatic rings. The van der Waals surface area contributed by atoms with Crippen molar-refractivity contribution in [2.45, 2.75) is 13.2 Å². The van der Waals surface area contributed by atoms with Crippen molar-refractivity contribution in [3.63, 3.8) is 0 Å². The molecule has 2 aromatic rings. The molecule has 0 amide bonds. The number of aliphatic hydroxyl groups excluding tert-OH is 1. The van der Waals surface area contributed by atoms with E-state index in [0.717, 1.165) is 13.1 Å². The molecule has 3 rings (SSSR count). The number of phenols is 1. The molecule has 0 spiro atoms. The fourth-order valence-electron chi connectivity index (χ4n) is 3.06. The van der Waals surface area contributed by atoms with Gasteiger partial charge in [0.2, 0.25) is 0 Å². The quantitative estimate of drug-likeness (QED) is 0.568. The third-order valence-corrected chi connectivity index (χ3v) is 4.53. The summed E-state index contributed by atoms with van der Waals surface area (Å²) < 4.78 is 15.8. The van der Waals surface area contributed by atoms with Crippen molar-refractivity contribution in [2.24, 2.45) is 0 Å². The molecule has 0 radical (unpaired) electrons. The Labute approximate surface area is 157 Å². The van der Waals surface area contributed by atoms with Gasteiger partial charge in [0.05, 0.1) is 33.2 Å². The fourth-order valence-corrected chi connectivity index (χ4v) is 3.06. The van der Waals surface area contributed by atoms with E-state index < -0.39 is 5.78 Å². The number of ketones is 1. The van der Waals surface area contributed by atoms with Crippen LogP contribution < -0.4 is 4.74 Å². The molecule has 2 heterocycles. The van der Waals surface area contributed by atoms with Gasteiger partial charge < -0.3 is 24.1 Å². The van der Waals surface area contributed by atoms with Crippen molar-refractivity contribution in [1.29, 1.82) is 0 Å². The number of furan rings is 1. The van der Waals surface area contributed by atoms with Crippen LogP contribution >= 0.6 is 0 Å². The lowest BCUT2D eigenvalue weighted by Crippen LogP contribution is -2.36. The first-order valence-electron chi connectivity index (χ1n) is 8.72. The minimum Gasteiger partial charge on any atom is -0.507 e. The van der Waals surface area contributed by atoms with Gasteiger partial charge in [-0.05, 0) is 35.9 Å². The van der Waals surface area contributed by atoms with Gasteiger partial charge >= 0.3 is 0 Å². The summed E-state index contributed by atoms with van der Waals surface area (Å²) in [5.74, 6) is 0.172. The number of ether oxygens (including phenoxy) is 2. The highest BCUT2D eigenvalue weighted by Crippen LogP contribution is 2.36. The van der Waals surface area contributed by atoms with Gasteiger partial charge in [-0.3, -0.25) is 9.69 Å². The highest BCUT2D eigenvalue weighted by Gasteiger charge is 2.24. The van der Waals surface area contributed by atoms with Crippen molar-refractivity contribution in [2.75, 3.05) is 33.4 Å². The molecule has 0 saturated carbocycles. The number of hydrogen-bond donors (Lipinski definition) is 2. The number of phenolic OH excluding ortho intramolecular Hbond substituents is 1. The van der Waals surface area contributed by atoms with Crippen LogP contribution in [0.25, 0.3) is 6.08 Å². The molecule has 0 atom stereocenters. The smallest absolute Gasteiger partial charge is 0.193 e. The van der Waals surface area contributed by atoms with Crippen molar-refractivity contribution in [3.8, 4) is 11.5 Å². The molecule has 0 aliphatic carbocycles. The van der Waals surface area contributed by atoms with E-state index in [1.165, 1.54) is 25.5 Å². The number of benzene rings is 1. The molecule has 1 aliphatic heterocycles. The van der Waals surface area contributed by atoms with E-state index in [0.29, 0.717) is 36.6 Å². The fraction of sp³-hybridized carbons (Fsp3) is 0.350. The summed E-state index contributed by atoms with van der Waals surface area (Å²) in [4.78, 5) is 14.8. The topological polar surface area (TPSA) is 92.4 Å². The van der Waals surface area contributed by atoms with Crippen LogP contribution in [0.15, 0.2) is 35.0 Å². The summed E-state index contributed by atoms with van der Waals surface area (Å²) in [5.41, 5.74) is 1.12. The standard InChI is InChI=1S/C20H23NO6/c1-25-18-11-14(13-22)16(12-21-6-9-26-10-7-21)20(24)19(18)17(23)5-4-15-3-2-8-27-15/h2-5,8,11,22,24H,6-7,9-10,12-13H2,1H3. The zero-order valence-electron chi connectivity index (χ0n) is 15.2. The summed E-state index contributed by atoms with van der Waals surface area (Å²) >= 11 is 0. The largest absolute Gasteiger partial charge is 0.507 e. The van der Waals surface area contributed by atoms with Crippen LogP contribution in [0, 0.1) is 0 Å². The molecular formula is C20H23NO6. The number of aliphatic hydroxyl groups is 1. The highest BCUT2D eigenvalue weighted by molar-refractivity contribution is 6.10. The SMILES string of the molecule is COc1cc(CO)c(CN2CCOCC2)c(O)c1C(=O)C=Cc1ccco1. The maximum absolute atomic E-state index is 12.7. The van der Waals surface area contributed by atoms with Crippen LogP contribution in [0.5, 0.6) is 11.5 Å². The Morgan fingerprint density at radius 2 is 2.15 bits per heavy atom. The van der Waals surface area contributed by atoms with Crippen LogP contribution in [0.4, 0.5) is 0 Å². The number of nitrogens with zero attached hydrogens (tertiary/aromatic N) is 1. The van der Waals surface area contributed by atoms with E-state index in [1.54, 1.807) is 18.2 Å². The molecule has 7 heteroatoms. The van der Waals surface area contributed by atoms with Crippen LogP contribution in [-0.2, 0) is 17.9 Å². The number of allylic oxidation sites excluding steroid dienone is 1. The Morgan fingerprint density at radius 1 is 1.37 bits per heavy atom. The predicted molar refractivity (Wildman–Crippen MR) is 98.8 cm³/mol. The van der Waals surface area contributed by atoms with E-state index in [-0.39, 0.29) is 23.7 Å². The summed E-state index contributed by atoms with van der Waals surface area (Å²) in [5, 5.41) is 20.6. The lowest BCUT2D eigenvalue weighted by atomic mass is 9.97. The number of hydrogen-bond acceptors (Lipinski definition) is 7. The van der Waals surface area contributed by atoms with Crippen molar-refractivity contribution >= 4 is 11.9 Å². The molecule has 1 saturated heterocycles. The van der Waals surface area contributed by atoms with Crippen molar-refractivity contribution in [3.05, 3.63) is 53.0 Å². The third kappa shape index (κ3) is 4.39. The summed E-state index contributed by atoms with van der Waals surface area (Å²) in [6.07, 6.45) is 4.37. The minimum absolute atomic E-state index is 0.0702. The Balaban J connectivity index is 1.95. The first-order chi connectivity index (χ1) is 13.1. The maximum atomic E-state index is 12.7. The van der Waals surface area contributed by atoms with Crippen LogP contribution in [0.1, 0.15) is 27.2 Å². The Bertz CT molecular complexity index is 806. The average molecular weight is 373 g/mol. The average Bonchev–Trinajstić information content (AvgIpc) is 3.21. The number of carbonyl (C=O) groups excluding carboxylic acids is 1. The van der Waals surface area contributed by atoms with Gasteiger partial charge in [-0.2, -0.15) is 0 Å². The van der Waals surface area contributed by atoms with Gasteiger partial charge in [0.1, 0.15) is 22.8 Å². The van der Waals surface area contributed by atoms with Crippen molar-refractivity contribution < 1.29 is 28.9 Å². The summed E-state index contributed by atoms with van der Waals surface area (Å²) in [6.45, 7) is 2.82. The van der Waals surface area contributed by atoms with Gasteiger partial charge in [0.25, 0.3) is 0 Å². The molecule has 0 bridgehead atoms. The maximum Gasteiger partial charge on any atom is 0.193 e. The summed E-state index contributed by atoms with van der Waals surface area (Å²) in [7, 11) is 1.42. The molecular weight excluding hydrogens is 350 g/mol. The highest BCUT2D eigenvalue weighted by atomic mass is 16.5. The lowest BCUT2D eigenvalue weighted by Gasteiger charge is -2.28. The van der Waals surface area contributed by atoms with E-state index in [4.69, 9.17) is 13.9 Å². The monoisotopic (exact) mass is 373 g/mol. The molecule has 144 valence electrons. The number of methoxy groups -OCH3 is 1. The second-order valence-corrected chi connectivity index (χ2v) is 6.20. The van der Waals surface area contributed by atoms with E-state index in [2.05, 4.69) is 4.90 Å². The van der Waals surface area contributed by atoms with Gasteiger partial charge in [-0.15, -0.1) is 0 Å². The molecule has 1 aromatic heterocycles. The van der Waals surface area contributed by atoms with Crippen LogP contribution in [0.3, 0.4) is 0 Å². The second-order valence-electron chi connectivity index (χ2n) is 6.20. The number of aromatic hydroxyl groups is 1. The number of carbonyl (C=O) groups is 1. The van der Waals surface area contributed by atoms with Gasteiger partial charge in [-0.25, -0.2) is 0 Å². The molecule has 27 heavy (non-hydrogen) atoms. The molecule has 0 unspecified atom stereocenters. The predicted octanol–water partition coefficient (Wildman–Crippen LogP) is 2.21. The Hall–Kier alpha value is -2.61. The van der Waals surface area contributed by atoms with Crippen molar-refractivity contribution in [1.82, 2.24) is 4.90 Å². The zero-order chi connectivity index (χ0) is 19.2. The molecule has 7 nitrogen and oxygen atoms in total. The van der Waals surface area contributed by atoms with Gasteiger partial charge in [-0.1, -0.05) is 0 Å². The Morgan fingerprint density at radius 3 is 2.78 bits per heavy atom. The van der Waals surface area contributed by atoms with Crippen LogP contribution in [-0.4, -0.2) is 54.3 Å². The molecule has 1 fully saturated rings. The Kier molecular flexibility index (Phi) is 6.28. The zero-order valence-corrected chi connectivity index (χ0v) is 15.2. The number of morpholine rings is 1. The van der Waals surface area contributed by atoms with E-state index in [9.17, 15) is 15.0 Å². The molecule has 1 aromatic carbocycles. The van der Waals surface area contributed by atoms with Crippen LogP contribution in [0.2, 0.25) is 0 Å². The third-order valence-electron chi connectivity index (χ3n) is 4.53. The minimum atomic E-state index is -0.409. The van der Waals surface area contributed by atoms with E-state index >= 15 is 0 Å². The van der Waals surface area contributed by atoms with Gasteiger partial charge in [0, 0.05) is 25.2 Å². The van der Waals surface area contributed by atoms with Gasteiger partial charge in [0.15, 0.2) is 5.78 Å². The number of rotatable bonds is 7. The second kappa shape index (κ2) is 8.85. The summed E-state index contributed by atoms with van der Waals surface area (Å²) in [6, 6.07) is 5.04. The normalized spacial score (nSPS) is 15.3. The first kappa shape index (κ1) is 19.2. The molecule has 2 N–H and O–H groups in total. The van der Waals surface area contributed by atoms with E-state index in [1.807, 2.05) is 0 Å². The lowest BCUT2D eigenvalue weighted by molar-refractivity contribution is 0.0336. The first-order valence-corrected chi connectivity index (χ1v) is 8.72.